The quantitative estimate of drug-likeness (QED) is 0.229. The Morgan fingerprint density at radius 2 is 1.62 bits per heavy atom. The number of carbonyl (C=O) groups is 1. The Morgan fingerprint density at radius 3 is 2.50 bits per heavy atom. The van der Waals surface area contributed by atoms with E-state index in [1.54, 1.807) is 17.8 Å². The van der Waals surface area contributed by atoms with Gasteiger partial charge in [-0.2, -0.15) is 10.0 Å². The molecule has 0 saturated carbocycles. The third-order valence-corrected chi connectivity index (χ3v) is 9.09. The number of thioether (sulfide) groups is 2. The van der Waals surface area contributed by atoms with E-state index >= 15 is 0 Å². The Balaban J connectivity index is 1.20. The predicted octanol–water partition coefficient (Wildman–Crippen LogP) is 7.35. The van der Waals surface area contributed by atoms with Crippen molar-refractivity contribution in [1.29, 1.82) is 5.41 Å². The second-order valence-corrected chi connectivity index (χ2v) is 11.7. The highest BCUT2D eigenvalue weighted by atomic mass is 32.2. The Bertz CT molecular complexity index is 1900. The van der Waals surface area contributed by atoms with Gasteiger partial charge in [0.05, 0.1) is 5.57 Å². The number of amidine groups is 2. The molecule has 0 unspecified atom stereocenters. The van der Waals surface area contributed by atoms with Crippen LogP contribution < -0.4 is 0 Å². The number of hydrazone groups is 1. The van der Waals surface area contributed by atoms with Crippen LogP contribution in [-0.4, -0.2) is 30.9 Å². The summed E-state index contributed by atoms with van der Waals surface area (Å²) in [5, 5.41) is 18.8. The molecule has 0 fully saturated rings. The highest BCUT2D eigenvalue weighted by Crippen LogP contribution is 2.34. The highest BCUT2D eigenvalue weighted by molar-refractivity contribution is 8.45. The molecular weight excluding hydrogens is 535 g/mol. The molecule has 1 aromatic heterocycles. The van der Waals surface area contributed by atoms with E-state index in [2.05, 4.69) is 87.6 Å². The molecule has 4 aromatic carbocycles. The number of rotatable bonds is 5. The van der Waals surface area contributed by atoms with E-state index in [1.807, 2.05) is 30.3 Å². The molecule has 2 aliphatic heterocycles. The topological polar surface area (TPSA) is 73.8 Å². The van der Waals surface area contributed by atoms with E-state index in [9.17, 15) is 4.79 Å². The number of aromatic nitrogens is 1. The number of para-hydroxylation sites is 1. The minimum atomic E-state index is -0.417. The van der Waals surface area contributed by atoms with Gasteiger partial charge >= 0.3 is 0 Å². The fourth-order valence-corrected chi connectivity index (χ4v) is 6.93. The van der Waals surface area contributed by atoms with E-state index in [0.29, 0.717) is 11.7 Å². The van der Waals surface area contributed by atoms with Crippen LogP contribution in [0.3, 0.4) is 0 Å². The molecule has 6 nitrogen and oxygen atoms in total. The molecule has 3 heterocycles. The van der Waals surface area contributed by atoms with Crippen molar-refractivity contribution < 1.29 is 4.79 Å². The number of nitrogens with one attached hydrogen (secondary N) is 1. The van der Waals surface area contributed by atoms with Crippen molar-refractivity contribution in [3.63, 3.8) is 0 Å². The fraction of sp³-hybridized carbons (Fsp3) is 0.0625. The van der Waals surface area contributed by atoms with Gasteiger partial charge in [0.15, 0.2) is 10.2 Å². The van der Waals surface area contributed by atoms with Gasteiger partial charge in [0, 0.05) is 35.0 Å². The van der Waals surface area contributed by atoms with Gasteiger partial charge in [0.25, 0.3) is 5.91 Å². The number of hydrogen-bond donors (Lipinski definition) is 1. The first kappa shape index (κ1) is 24.6. The van der Waals surface area contributed by atoms with Crippen molar-refractivity contribution >= 4 is 72.6 Å². The van der Waals surface area contributed by atoms with Crippen molar-refractivity contribution in [3.05, 3.63) is 126 Å². The third kappa shape index (κ3) is 4.55. The zero-order valence-electron chi connectivity index (χ0n) is 21.3. The van der Waals surface area contributed by atoms with E-state index in [-0.39, 0.29) is 11.4 Å². The Hall–Kier alpha value is -4.40. The lowest BCUT2D eigenvalue weighted by Crippen LogP contribution is -2.35. The summed E-state index contributed by atoms with van der Waals surface area (Å²) in [4.78, 5) is 17.4. The smallest absolute Gasteiger partial charge is 0.283 e. The van der Waals surface area contributed by atoms with Crippen LogP contribution in [-0.2, 0) is 17.1 Å². The van der Waals surface area contributed by atoms with Crippen molar-refractivity contribution in [1.82, 2.24) is 9.58 Å². The van der Waals surface area contributed by atoms with E-state index in [1.165, 1.54) is 38.7 Å². The Kier molecular flexibility index (Phi) is 6.34. The zero-order chi connectivity index (χ0) is 27.1. The standard InChI is InChI=1S/C32H23N5OS2/c33-29-27(30(38)34-31-37(29)35-32(40-31)39-20-21-9-2-1-3-10-21)17-24-19-36(28-16-7-6-15-26(24)28)18-23-13-8-12-22-11-4-5-14-25(22)23/h1-17,19,33H,18,20H2/b27-17-,33-29?. The number of benzene rings is 4. The van der Waals surface area contributed by atoms with Crippen LogP contribution in [0.5, 0.6) is 0 Å². The molecular formula is C32H23N5OS2. The van der Waals surface area contributed by atoms with Crippen LogP contribution in [0.1, 0.15) is 16.7 Å². The maximum Gasteiger partial charge on any atom is 0.283 e. The molecule has 5 aromatic rings. The molecule has 0 aliphatic carbocycles. The molecule has 0 saturated heterocycles. The molecule has 0 radical (unpaired) electrons. The summed E-state index contributed by atoms with van der Waals surface area (Å²) in [6.45, 7) is 0.688. The van der Waals surface area contributed by atoms with Crippen LogP contribution in [0.15, 0.2) is 119 Å². The molecule has 194 valence electrons. The number of carbonyl (C=O) groups excluding carboxylic acids is 1. The fourth-order valence-electron chi connectivity index (χ4n) is 5.04. The second-order valence-electron chi connectivity index (χ2n) is 9.53. The molecule has 0 spiro atoms. The van der Waals surface area contributed by atoms with Crippen molar-refractivity contribution in [3.8, 4) is 0 Å². The average Bonchev–Trinajstić information content (AvgIpc) is 3.56. The van der Waals surface area contributed by atoms with Gasteiger partial charge in [-0.1, -0.05) is 103 Å². The van der Waals surface area contributed by atoms with Gasteiger partial charge in [-0.25, -0.2) is 0 Å². The summed E-state index contributed by atoms with van der Waals surface area (Å²) in [6, 6.07) is 33.1. The average molecular weight is 558 g/mol. The van der Waals surface area contributed by atoms with Gasteiger partial charge in [0.1, 0.15) is 0 Å². The summed E-state index contributed by atoms with van der Waals surface area (Å²) in [5.41, 5.74) is 4.58. The summed E-state index contributed by atoms with van der Waals surface area (Å²) >= 11 is 2.91. The number of aliphatic imine (C=N–C) groups is 1. The molecule has 0 bridgehead atoms. The van der Waals surface area contributed by atoms with E-state index in [0.717, 1.165) is 26.6 Å². The minimum absolute atomic E-state index is 0.0451. The second kappa shape index (κ2) is 10.3. The molecule has 2 aliphatic rings. The summed E-state index contributed by atoms with van der Waals surface area (Å²) in [7, 11) is 0. The first-order chi connectivity index (χ1) is 19.6. The van der Waals surface area contributed by atoms with Crippen LogP contribution >= 0.6 is 23.5 Å². The molecule has 1 amide bonds. The predicted molar refractivity (Wildman–Crippen MR) is 168 cm³/mol. The molecule has 7 rings (SSSR count). The largest absolute Gasteiger partial charge is 0.342 e. The summed E-state index contributed by atoms with van der Waals surface area (Å²) in [5.74, 6) is 0.386. The van der Waals surface area contributed by atoms with E-state index < -0.39 is 5.91 Å². The SMILES string of the molecule is N=C1/C(=C/c2cn(Cc3cccc4ccccc34)c3ccccc23)C(=O)N=C2SC(SCc3ccccc3)=NN12. The summed E-state index contributed by atoms with van der Waals surface area (Å²) in [6.07, 6.45) is 3.84. The normalized spacial score (nSPS) is 16.1. The zero-order valence-corrected chi connectivity index (χ0v) is 23.0. The van der Waals surface area contributed by atoms with Crippen molar-refractivity contribution in [2.45, 2.75) is 12.3 Å². The number of nitrogens with zero attached hydrogens (tertiary/aromatic N) is 4. The molecule has 0 atom stereocenters. The first-order valence-corrected chi connectivity index (χ1v) is 14.7. The lowest BCUT2D eigenvalue weighted by atomic mass is 10.0. The Labute approximate surface area is 239 Å². The highest BCUT2D eigenvalue weighted by Gasteiger charge is 2.36. The molecule has 8 heteroatoms. The van der Waals surface area contributed by atoms with Gasteiger partial charge in [0.2, 0.25) is 5.17 Å². The molecule has 40 heavy (non-hydrogen) atoms. The maximum atomic E-state index is 13.1. The van der Waals surface area contributed by atoms with Crippen LogP contribution in [0, 0.1) is 5.41 Å². The third-order valence-electron chi connectivity index (χ3n) is 6.98. The van der Waals surface area contributed by atoms with Crippen LogP contribution in [0.4, 0.5) is 0 Å². The minimum Gasteiger partial charge on any atom is -0.342 e. The van der Waals surface area contributed by atoms with Gasteiger partial charge in [-0.3, -0.25) is 10.2 Å². The number of amides is 1. The van der Waals surface area contributed by atoms with Crippen molar-refractivity contribution in [2.24, 2.45) is 10.1 Å². The summed E-state index contributed by atoms with van der Waals surface area (Å²) < 4.78 is 2.98. The number of hydrogen-bond acceptors (Lipinski definition) is 5. The van der Waals surface area contributed by atoms with Crippen LogP contribution in [0.2, 0.25) is 0 Å². The maximum absolute atomic E-state index is 13.1. The van der Waals surface area contributed by atoms with E-state index in [4.69, 9.17) is 5.41 Å². The monoisotopic (exact) mass is 557 g/mol. The van der Waals surface area contributed by atoms with Gasteiger partial charge in [-0.15, -0.1) is 5.10 Å². The van der Waals surface area contributed by atoms with Crippen LogP contribution in [0.25, 0.3) is 27.8 Å². The van der Waals surface area contributed by atoms with Gasteiger partial charge < -0.3 is 4.57 Å². The van der Waals surface area contributed by atoms with Crippen molar-refractivity contribution in [2.75, 3.05) is 0 Å². The molecule has 1 N–H and O–H groups in total. The lowest BCUT2D eigenvalue weighted by Gasteiger charge is -2.20. The first-order valence-electron chi connectivity index (χ1n) is 12.9. The van der Waals surface area contributed by atoms with Gasteiger partial charge in [-0.05, 0) is 45.8 Å². The number of fused-ring (bicyclic) bond motifs is 3. The lowest BCUT2D eigenvalue weighted by molar-refractivity contribution is -0.114. The Morgan fingerprint density at radius 1 is 0.875 bits per heavy atom.